The first-order chi connectivity index (χ1) is 7.16. The Bertz CT molecular complexity index is 479. The maximum Gasteiger partial charge on any atom is 0.189 e. The van der Waals surface area contributed by atoms with Gasteiger partial charge in [0.15, 0.2) is 11.9 Å². The van der Waals surface area contributed by atoms with Crippen molar-refractivity contribution in [3.8, 4) is 11.1 Å². The van der Waals surface area contributed by atoms with E-state index in [1.165, 1.54) is 18.3 Å². The number of rotatable bonds is 1. The molecule has 2 aromatic rings. The van der Waals surface area contributed by atoms with Crippen LogP contribution in [0.5, 0.6) is 0 Å². The van der Waals surface area contributed by atoms with Crippen molar-refractivity contribution in [2.75, 3.05) is 0 Å². The lowest BCUT2D eigenvalue weighted by molar-refractivity contribution is -0.611. The van der Waals surface area contributed by atoms with Crippen molar-refractivity contribution in [3.05, 3.63) is 59.3 Å². The van der Waals surface area contributed by atoms with Crippen LogP contribution < -0.4 is 4.73 Å². The fraction of sp³-hybridized carbons (Fsp3) is 0.0833. The van der Waals surface area contributed by atoms with Gasteiger partial charge in [-0.25, -0.2) is 4.39 Å². The summed E-state index contributed by atoms with van der Waals surface area (Å²) in [6.07, 6.45) is 1.49. The molecular formula is C12H10FNO. The van der Waals surface area contributed by atoms with Crippen LogP contribution in [0.15, 0.2) is 42.6 Å². The molecule has 0 aliphatic heterocycles. The van der Waals surface area contributed by atoms with Crippen molar-refractivity contribution in [3.63, 3.8) is 0 Å². The van der Waals surface area contributed by atoms with Crippen molar-refractivity contribution < 1.29 is 9.12 Å². The number of hydrogen-bond donors (Lipinski definition) is 0. The predicted octanol–water partition coefficient (Wildman–Crippen LogP) is 2.43. The third-order valence-corrected chi connectivity index (χ3v) is 2.29. The molecule has 0 aliphatic carbocycles. The smallest absolute Gasteiger partial charge is 0.189 e. The van der Waals surface area contributed by atoms with Gasteiger partial charge < -0.3 is 5.21 Å². The Balaban J connectivity index is 2.45. The minimum Gasteiger partial charge on any atom is -0.618 e. The summed E-state index contributed by atoms with van der Waals surface area (Å²) in [6, 6.07) is 9.65. The Morgan fingerprint density at radius 3 is 2.20 bits per heavy atom. The number of aromatic nitrogens is 1. The van der Waals surface area contributed by atoms with Gasteiger partial charge in [0.25, 0.3) is 0 Å². The lowest BCUT2D eigenvalue weighted by Crippen LogP contribution is -2.29. The average Bonchev–Trinajstić information content (AvgIpc) is 2.23. The molecular weight excluding hydrogens is 193 g/mol. The normalized spacial score (nSPS) is 10.3. The molecule has 0 radical (unpaired) electrons. The molecule has 2 nitrogen and oxygen atoms in total. The van der Waals surface area contributed by atoms with Crippen molar-refractivity contribution in [2.45, 2.75) is 6.92 Å². The lowest BCUT2D eigenvalue weighted by Gasteiger charge is -2.03. The molecule has 0 saturated heterocycles. The van der Waals surface area contributed by atoms with E-state index in [1.54, 1.807) is 25.1 Å². The zero-order chi connectivity index (χ0) is 10.8. The van der Waals surface area contributed by atoms with Gasteiger partial charge in [-0.05, 0) is 23.8 Å². The first-order valence-corrected chi connectivity index (χ1v) is 4.62. The number of pyridine rings is 1. The van der Waals surface area contributed by atoms with Crippen LogP contribution in [-0.4, -0.2) is 0 Å². The molecule has 0 N–H and O–H groups in total. The van der Waals surface area contributed by atoms with Crippen molar-refractivity contribution in [1.29, 1.82) is 0 Å². The van der Waals surface area contributed by atoms with Crippen LogP contribution >= 0.6 is 0 Å². The maximum atomic E-state index is 12.7. The summed E-state index contributed by atoms with van der Waals surface area (Å²) in [7, 11) is 0. The van der Waals surface area contributed by atoms with E-state index in [4.69, 9.17) is 0 Å². The van der Waals surface area contributed by atoms with Crippen molar-refractivity contribution in [1.82, 2.24) is 0 Å². The molecule has 0 bridgehead atoms. The van der Waals surface area contributed by atoms with Gasteiger partial charge in [-0.15, -0.1) is 0 Å². The molecule has 1 aromatic carbocycles. The summed E-state index contributed by atoms with van der Waals surface area (Å²) in [6.45, 7) is 1.74. The van der Waals surface area contributed by atoms with Gasteiger partial charge in [0.05, 0.1) is 0 Å². The number of hydrogen-bond acceptors (Lipinski definition) is 1. The van der Waals surface area contributed by atoms with Gasteiger partial charge in [0, 0.05) is 18.6 Å². The quantitative estimate of drug-likeness (QED) is 0.516. The van der Waals surface area contributed by atoms with E-state index in [1.807, 2.05) is 6.07 Å². The van der Waals surface area contributed by atoms with E-state index < -0.39 is 0 Å². The van der Waals surface area contributed by atoms with Crippen LogP contribution in [0.2, 0.25) is 0 Å². The van der Waals surface area contributed by atoms with Gasteiger partial charge in [0.2, 0.25) is 0 Å². The molecule has 0 amide bonds. The Morgan fingerprint density at radius 1 is 1.00 bits per heavy atom. The van der Waals surface area contributed by atoms with E-state index in [2.05, 4.69) is 0 Å². The van der Waals surface area contributed by atoms with E-state index in [0.29, 0.717) is 5.69 Å². The summed E-state index contributed by atoms with van der Waals surface area (Å²) in [5.74, 6) is -0.277. The summed E-state index contributed by atoms with van der Waals surface area (Å²) in [5, 5.41) is 11.3. The second-order valence-electron chi connectivity index (χ2n) is 3.39. The SMILES string of the molecule is Cc1ccc(-c2ccc(F)cc2)c[n+]1[O-]. The van der Waals surface area contributed by atoms with Gasteiger partial charge >= 0.3 is 0 Å². The second kappa shape index (κ2) is 3.69. The fourth-order valence-corrected chi connectivity index (χ4v) is 1.37. The summed E-state index contributed by atoms with van der Waals surface area (Å²) >= 11 is 0. The second-order valence-corrected chi connectivity index (χ2v) is 3.39. The molecule has 0 saturated carbocycles. The molecule has 0 atom stereocenters. The molecule has 0 spiro atoms. The largest absolute Gasteiger partial charge is 0.618 e. The van der Waals surface area contributed by atoms with Crippen molar-refractivity contribution in [2.24, 2.45) is 0 Å². The number of nitrogens with zero attached hydrogens (tertiary/aromatic N) is 1. The first-order valence-electron chi connectivity index (χ1n) is 4.62. The summed E-state index contributed by atoms with van der Waals surface area (Å²) in [4.78, 5) is 0. The Hall–Kier alpha value is -1.90. The number of halogens is 1. The average molecular weight is 203 g/mol. The fourth-order valence-electron chi connectivity index (χ4n) is 1.37. The predicted molar refractivity (Wildman–Crippen MR) is 55.5 cm³/mol. The Kier molecular flexibility index (Phi) is 2.37. The van der Waals surface area contributed by atoms with E-state index in [0.717, 1.165) is 15.9 Å². The summed E-state index contributed by atoms with van der Waals surface area (Å²) < 4.78 is 13.5. The van der Waals surface area contributed by atoms with Crippen LogP contribution in [0.4, 0.5) is 4.39 Å². The Morgan fingerprint density at radius 2 is 1.60 bits per heavy atom. The highest BCUT2D eigenvalue weighted by atomic mass is 19.1. The zero-order valence-electron chi connectivity index (χ0n) is 8.27. The van der Waals surface area contributed by atoms with Gasteiger partial charge in [0.1, 0.15) is 5.82 Å². The highest BCUT2D eigenvalue weighted by Gasteiger charge is 2.03. The first kappa shape index (κ1) is 9.65. The van der Waals surface area contributed by atoms with Crippen LogP contribution in [0.1, 0.15) is 5.69 Å². The topological polar surface area (TPSA) is 26.9 Å². The lowest BCUT2D eigenvalue weighted by atomic mass is 10.1. The third kappa shape index (κ3) is 1.96. The molecule has 3 heteroatoms. The van der Waals surface area contributed by atoms with Gasteiger partial charge in [-0.3, -0.25) is 0 Å². The third-order valence-electron chi connectivity index (χ3n) is 2.29. The highest BCUT2D eigenvalue weighted by molar-refractivity contribution is 5.61. The van der Waals surface area contributed by atoms with Crippen LogP contribution in [0.3, 0.4) is 0 Å². The van der Waals surface area contributed by atoms with Crippen LogP contribution in [0.25, 0.3) is 11.1 Å². The number of aryl methyl sites for hydroxylation is 1. The molecule has 1 heterocycles. The molecule has 2 rings (SSSR count). The van der Waals surface area contributed by atoms with Gasteiger partial charge in [-0.2, -0.15) is 4.73 Å². The van der Waals surface area contributed by atoms with E-state index in [9.17, 15) is 9.60 Å². The molecule has 0 fully saturated rings. The minimum absolute atomic E-state index is 0.277. The summed E-state index contributed by atoms with van der Waals surface area (Å²) in [5.41, 5.74) is 2.26. The van der Waals surface area contributed by atoms with Crippen LogP contribution in [-0.2, 0) is 0 Å². The number of benzene rings is 1. The monoisotopic (exact) mass is 203 g/mol. The maximum absolute atomic E-state index is 12.7. The van der Waals surface area contributed by atoms with Crippen LogP contribution in [0, 0.1) is 17.9 Å². The highest BCUT2D eigenvalue weighted by Crippen LogP contribution is 2.17. The van der Waals surface area contributed by atoms with E-state index >= 15 is 0 Å². The molecule has 76 valence electrons. The van der Waals surface area contributed by atoms with Crippen molar-refractivity contribution >= 4 is 0 Å². The molecule has 0 aliphatic rings. The van der Waals surface area contributed by atoms with Gasteiger partial charge in [-0.1, -0.05) is 12.1 Å². The minimum atomic E-state index is -0.277. The molecule has 0 unspecified atom stereocenters. The molecule has 1 aromatic heterocycles. The Labute approximate surface area is 87.2 Å². The standard InChI is InChI=1S/C12H10FNO/c1-9-2-3-11(8-14(9)15)10-4-6-12(13)7-5-10/h2-8H,1H3. The molecule has 15 heavy (non-hydrogen) atoms. The zero-order valence-corrected chi connectivity index (χ0v) is 8.27. The van der Waals surface area contributed by atoms with E-state index in [-0.39, 0.29) is 5.82 Å².